The van der Waals surface area contributed by atoms with Gasteiger partial charge in [0.2, 0.25) is 5.91 Å². The maximum atomic E-state index is 12.6. The Morgan fingerprint density at radius 3 is 2.57 bits per heavy atom. The fourth-order valence-corrected chi connectivity index (χ4v) is 4.74. The molecule has 3 heterocycles. The van der Waals surface area contributed by atoms with Crippen LogP contribution in [0.2, 0.25) is 0 Å². The maximum Gasteiger partial charge on any atom is 0.223 e. The van der Waals surface area contributed by atoms with E-state index in [0.29, 0.717) is 18.4 Å². The van der Waals surface area contributed by atoms with Crippen LogP contribution in [0.5, 0.6) is 0 Å². The van der Waals surface area contributed by atoms with E-state index in [9.17, 15) is 4.79 Å². The number of anilines is 1. The zero-order valence-electron chi connectivity index (χ0n) is 16.0. The number of hydrogen-bond acceptors (Lipinski definition) is 6. The summed E-state index contributed by atoms with van der Waals surface area (Å²) in [6.45, 7) is 3.22. The minimum atomic E-state index is 0.244. The van der Waals surface area contributed by atoms with Crippen LogP contribution >= 0.6 is 11.8 Å². The number of piperazine rings is 1. The topological polar surface area (TPSA) is 67.2 Å². The van der Waals surface area contributed by atoms with Gasteiger partial charge in [-0.3, -0.25) is 4.79 Å². The first kappa shape index (κ1) is 18.0. The average molecular weight is 399 g/mol. The normalized spacial score (nSPS) is 19.9. The second-order valence-corrected chi connectivity index (χ2v) is 8.93. The molecule has 1 aliphatic heterocycles. The van der Waals surface area contributed by atoms with Gasteiger partial charge in [-0.1, -0.05) is 17.8 Å². The van der Waals surface area contributed by atoms with Crippen LogP contribution in [-0.2, 0) is 4.79 Å². The van der Waals surface area contributed by atoms with Crippen LogP contribution in [0.4, 0.5) is 5.82 Å². The van der Waals surface area contributed by atoms with Gasteiger partial charge >= 0.3 is 0 Å². The predicted octanol–water partition coefficient (Wildman–Crippen LogP) is 2.72. The van der Waals surface area contributed by atoms with Crippen molar-refractivity contribution in [3.63, 3.8) is 0 Å². The molecule has 148 valence electrons. The lowest BCUT2D eigenvalue weighted by atomic mass is 10.3. The molecular formula is C20H26N6OS. The van der Waals surface area contributed by atoms with Crippen molar-refractivity contribution in [2.75, 3.05) is 36.8 Å². The van der Waals surface area contributed by atoms with Gasteiger partial charge in [-0.2, -0.15) is 0 Å². The Morgan fingerprint density at radius 1 is 1.07 bits per heavy atom. The third kappa shape index (κ3) is 3.87. The summed E-state index contributed by atoms with van der Waals surface area (Å²) in [6, 6.07) is 6.56. The molecule has 0 atom stereocenters. The highest BCUT2D eigenvalue weighted by atomic mass is 32.2. The summed E-state index contributed by atoms with van der Waals surface area (Å²) < 4.78 is 2.36. The Labute approximate surface area is 169 Å². The monoisotopic (exact) mass is 398 g/mol. The second-order valence-electron chi connectivity index (χ2n) is 7.87. The first-order valence-electron chi connectivity index (χ1n) is 10.3. The van der Waals surface area contributed by atoms with E-state index < -0.39 is 0 Å². The SMILES string of the molecule is O=C(CCSc1nnc(C2CC2)n1C1CC1)N1CCN(c2ccccn2)CC1. The molecule has 3 aliphatic rings. The standard InChI is InChI=1S/C20H26N6OS/c27-18(25-12-10-24(11-13-25)17-3-1-2-9-21-17)8-14-28-20-23-22-19(15-4-5-15)26(20)16-6-7-16/h1-3,9,15-16H,4-8,10-14H2. The van der Waals surface area contributed by atoms with E-state index in [4.69, 9.17) is 0 Å². The van der Waals surface area contributed by atoms with Crippen LogP contribution in [0.1, 0.15) is 49.9 Å². The number of carbonyl (C=O) groups is 1. The van der Waals surface area contributed by atoms with Crippen molar-refractivity contribution in [2.45, 2.75) is 49.2 Å². The van der Waals surface area contributed by atoms with Crippen molar-refractivity contribution in [2.24, 2.45) is 0 Å². The number of hydrogen-bond donors (Lipinski definition) is 0. The molecule has 0 unspecified atom stereocenters. The highest BCUT2D eigenvalue weighted by Crippen LogP contribution is 2.46. The summed E-state index contributed by atoms with van der Waals surface area (Å²) in [5.41, 5.74) is 0. The van der Waals surface area contributed by atoms with Gasteiger partial charge < -0.3 is 14.4 Å². The molecule has 2 aliphatic carbocycles. The Balaban J connectivity index is 1.11. The van der Waals surface area contributed by atoms with E-state index >= 15 is 0 Å². The van der Waals surface area contributed by atoms with Crippen LogP contribution in [0, 0.1) is 0 Å². The third-order valence-corrected chi connectivity index (χ3v) is 6.64. The number of nitrogens with zero attached hydrogens (tertiary/aromatic N) is 6. The number of amides is 1. The minimum Gasteiger partial charge on any atom is -0.353 e. The van der Waals surface area contributed by atoms with Gasteiger partial charge in [0.05, 0.1) is 0 Å². The molecule has 2 saturated carbocycles. The molecule has 0 aromatic carbocycles. The van der Waals surface area contributed by atoms with Crippen molar-refractivity contribution < 1.29 is 4.79 Å². The van der Waals surface area contributed by atoms with E-state index in [0.717, 1.165) is 42.9 Å². The predicted molar refractivity (Wildman–Crippen MR) is 109 cm³/mol. The van der Waals surface area contributed by atoms with Crippen LogP contribution in [0.15, 0.2) is 29.6 Å². The molecule has 28 heavy (non-hydrogen) atoms. The fourth-order valence-electron chi connectivity index (χ4n) is 3.80. The lowest BCUT2D eigenvalue weighted by Gasteiger charge is -2.35. The summed E-state index contributed by atoms with van der Waals surface area (Å²) >= 11 is 1.69. The van der Waals surface area contributed by atoms with Gasteiger partial charge in [0, 0.05) is 56.5 Å². The largest absolute Gasteiger partial charge is 0.353 e. The van der Waals surface area contributed by atoms with Gasteiger partial charge in [0.25, 0.3) is 0 Å². The lowest BCUT2D eigenvalue weighted by molar-refractivity contribution is -0.131. The van der Waals surface area contributed by atoms with E-state index in [1.807, 2.05) is 29.3 Å². The molecule has 2 aromatic heterocycles. The fraction of sp³-hybridized carbons (Fsp3) is 0.600. The Kier molecular flexibility index (Phi) is 4.96. The van der Waals surface area contributed by atoms with Gasteiger partial charge in [-0.15, -0.1) is 10.2 Å². The van der Waals surface area contributed by atoms with Crippen LogP contribution < -0.4 is 4.90 Å². The molecule has 2 aromatic rings. The Morgan fingerprint density at radius 2 is 1.89 bits per heavy atom. The van der Waals surface area contributed by atoms with E-state index in [1.54, 1.807) is 11.8 Å². The van der Waals surface area contributed by atoms with Crippen molar-refractivity contribution in [3.05, 3.63) is 30.2 Å². The molecule has 5 rings (SSSR count). The Bertz CT molecular complexity index is 824. The molecule has 8 heteroatoms. The summed E-state index contributed by atoms with van der Waals surface area (Å²) in [7, 11) is 0. The highest BCUT2D eigenvalue weighted by molar-refractivity contribution is 7.99. The number of thioether (sulfide) groups is 1. The van der Waals surface area contributed by atoms with E-state index in [1.165, 1.54) is 31.5 Å². The van der Waals surface area contributed by atoms with Crippen molar-refractivity contribution in [1.82, 2.24) is 24.6 Å². The van der Waals surface area contributed by atoms with Crippen LogP contribution in [0.3, 0.4) is 0 Å². The second kappa shape index (κ2) is 7.73. The van der Waals surface area contributed by atoms with E-state index in [2.05, 4.69) is 24.6 Å². The molecule has 0 N–H and O–H groups in total. The summed E-state index contributed by atoms with van der Waals surface area (Å²) in [5, 5.41) is 9.89. The third-order valence-electron chi connectivity index (χ3n) is 5.70. The molecule has 0 spiro atoms. The van der Waals surface area contributed by atoms with Crippen molar-refractivity contribution in [1.29, 1.82) is 0 Å². The first-order chi connectivity index (χ1) is 13.8. The Hall–Kier alpha value is -2.09. The number of aromatic nitrogens is 4. The number of rotatable bonds is 7. The maximum absolute atomic E-state index is 12.6. The smallest absolute Gasteiger partial charge is 0.223 e. The molecule has 1 amide bonds. The van der Waals surface area contributed by atoms with Gasteiger partial charge in [0.15, 0.2) is 5.16 Å². The molecule has 0 radical (unpaired) electrons. The average Bonchev–Trinajstić information content (AvgIpc) is 3.68. The highest BCUT2D eigenvalue weighted by Gasteiger charge is 2.36. The van der Waals surface area contributed by atoms with Gasteiger partial charge in [0.1, 0.15) is 11.6 Å². The van der Waals surface area contributed by atoms with Gasteiger partial charge in [-0.25, -0.2) is 4.98 Å². The molecule has 7 nitrogen and oxygen atoms in total. The van der Waals surface area contributed by atoms with E-state index in [-0.39, 0.29) is 5.91 Å². The summed E-state index contributed by atoms with van der Waals surface area (Å²) in [6.07, 6.45) is 7.36. The molecule has 3 fully saturated rings. The van der Waals surface area contributed by atoms with Crippen molar-refractivity contribution >= 4 is 23.5 Å². The van der Waals surface area contributed by atoms with Crippen LogP contribution in [0.25, 0.3) is 0 Å². The zero-order valence-corrected chi connectivity index (χ0v) is 16.9. The lowest BCUT2D eigenvalue weighted by Crippen LogP contribution is -2.49. The van der Waals surface area contributed by atoms with Crippen LogP contribution in [-0.4, -0.2) is 62.5 Å². The molecule has 1 saturated heterocycles. The number of carbonyl (C=O) groups excluding carboxylic acids is 1. The quantitative estimate of drug-likeness (QED) is 0.668. The molecule has 0 bridgehead atoms. The molecular weight excluding hydrogens is 372 g/mol. The first-order valence-corrected chi connectivity index (χ1v) is 11.3. The summed E-state index contributed by atoms with van der Waals surface area (Å²) in [5.74, 6) is 3.82. The minimum absolute atomic E-state index is 0.244. The van der Waals surface area contributed by atoms with Crippen molar-refractivity contribution in [3.8, 4) is 0 Å². The zero-order chi connectivity index (χ0) is 18.9. The van der Waals surface area contributed by atoms with Gasteiger partial charge in [-0.05, 0) is 37.8 Å². The summed E-state index contributed by atoms with van der Waals surface area (Å²) in [4.78, 5) is 21.3. The number of pyridine rings is 1.